The SMILES string of the molecule is CNc1ccc([N+](=O)[O-])c(Oc2ccc(Cl)c(C)c2)n1. The highest BCUT2D eigenvalue weighted by Gasteiger charge is 2.18. The molecule has 1 N–H and O–H groups in total. The lowest BCUT2D eigenvalue weighted by atomic mass is 10.2. The number of ether oxygens (including phenoxy) is 1. The zero-order chi connectivity index (χ0) is 14.7. The van der Waals surface area contributed by atoms with E-state index in [1.54, 1.807) is 25.2 Å². The Labute approximate surface area is 120 Å². The first-order valence-electron chi connectivity index (χ1n) is 5.78. The molecule has 0 radical (unpaired) electrons. The highest BCUT2D eigenvalue weighted by molar-refractivity contribution is 6.31. The van der Waals surface area contributed by atoms with E-state index in [1.165, 1.54) is 12.1 Å². The van der Waals surface area contributed by atoms with Gasteiger partial charge in [0.05, 0.1) is 4.92 Å². The van der Waals surface area contributed by atoms with Gasteiger partial charge in [-0.15, -0.1) is 0 Å². The summed E-state index contributed by atoms with van der Waals surface area (Å²) in [6.45, 7) is 1.82. The number of rotatable bonds is 4. The van der Waals surface area contributed by atoms with E-state index in [9.17, 15) is 10.1 Å². The molecule has 6 nitrogen and oxygen atoms in total. The first-order chi connectivity index (χ1) is 9.51. The average molecular weight is 294 g/mol. The molecule has 1 aromatic carbocycles. The van der Waals surface area contributed by atoms with Gasteiger partial charge in [-0.1, -0.05) is 11.6 Å². The summed E-state index contributed by atoms with van der Waals surface area (Å²) in [7, 11) is 1.67. The van der Waals surface area contributed by atoms with Crippen LogP contribution in [0.4, 0.5) is 11.5 Å². The van der Waals surface area contributed by atoms with Gasteiger partial charge in [-0.2, -0.15) is 4.98 Å². The van der Waals surface area contributed by atoms with Gasteiger partial charge in [0.15, 0.2) is 0 Å². The molecule has 104 valence electrons. The fourth-order valence-electron chi connectivity index (χ4n) is 1.58. The second kappa shape index (κ2) is 5.75. The molecule has 2 aromatic rings. The predicted molar refractivity (Wildman–Crippen MR) is 76.7 cm³/mol. The van der Waals surface area contributed by atoms with E-state index in [-0.39, 0.29) is 11.6 Å². The Balaban J connectivity index is 2.40. The molecular weight excluding hydrogens is 282 g/mol. The van der Waals surface area contributed by atoms with E-state index < -0.39 is 4.92 Å². The minimum absolute atomic E-state index is 0.0661. The molecule has 0 saturated heterocycles. The lowest BCUT2D eigenvalue weighted by molar-refractivity contribution is -0.386. The van der Waals surface area contributed by atoms with Crippen molar-refractivity contribution in [2.24, 2.45) is 0 Å². The normalized spacial score (nSPS) is 10.2. The number of anilines is 1. The zero-order valence-corrected chi connectivity index (χ0v) is 11.6. The predicted octanol–water partition coefficient (Wildman–Crippen LogP) is 3.79. The Hall–Kier alpha value is -2.34. The quantitative estimate of drug-likeness (QED) is 0.685. The molecule has 0 fully saturated rings. The number of pyridine rings is 1. The first kappa shape index (κ1) is 14.1. The Morgan fingerprint density at radius 1 is 1.35 bits per heavy atom. The fraction of sp³-hybridized carbons (Fsp3) is 0.154. The van der Waals surface area contributed by atoms with Crippen LogP contribution in [0, 0.1) is 17.0 Å². The van der Waals surface area contributed by atoms with E-state index in [0.29, 0.717) is 16.6 Å². The standard InChI is InChI=1S/C13H12ClN3O3/c1-8-7-9(3-4-10(8)14)20-13-11(17(18)19)5-6-12(15-2)16-13/h3-7H,1-2H3,(H,15,16). The van der Waals surface area contributed by atoms with Crippen LogP contribution in [0.1, 0.15) is 5.56 Å². The largest absolute Gasteiger partial charge is 0.434 e. The molecule has 0 aliphatic rings. The summed E-state index contributed by atoms with van der Waals surface area (Å²) in [6.07, 6.45) is 0. The van der Waals surface area contributed by atoms with Crippen molar-refractivity contribution in [2.75, 3.05) is 12.4 Å². The van der Waals surface area contributed by atoms with Crippen molar-refractivity contribution >= 4 is 23.1 Å². The summed E-state index contributed by atoms with van der Waals surface area (Å²) in [4.78, 5) is 14.5. The van der Waals surface area contributed by atoms with Gasteiger partial charge in [-0.05, 0) is 36.8 Å². The number of benzene rings is 1. The molecule has 0 amide bonds. The van der Waals surface area contributed by atoms with Gasteiger partial charge in [0.2, 0.25) is 0 Å². The molecular formula is C13H12ClN3O3. The van der Waals surface area contributed by atoms with Crippen LogP contribution in [0.5, 0.6) is 11.6 Å². The summed E-state index contributed by atoms with van der Waals surface area (Å²) < 4.78 is 5.50. The lowest BCUT2D eigenvalue weighted by Gasteiger charge is -2.08. The molecule has 0 bridgehead atoms. The summed E-state index contributed by atoms with van der Waals surface area (Å²) in [5.41, 5.74) is 0.619. The van der Waals surface area contributed by atoms with Crippen LogP contribution in [-0.4, -0.2) is 17.0 Å². The van der Waals surface area contributed by atoms with Gasteiger partial charge in [0.25, 0.3) is 0 Å². The van der Waals surface area contributed by atoms with Crippen LogP contribution < -0.4 is 10.1 Å². The fourth-order valence-corrected chi connectivity index (χ4v) is 1.70. The number of nitrogens with zero attached hydrogens (tertiary/aromatic N) is 2. The molecule has 0 aliphatic carbocycles. The Bertz CT molecular complexity index is 661. The van der Waals surface area contributed by atoms with Gasteiger partial charge in [-0.25, -0.2) is 0 Å². The number of halogens is 1. The van der Waals surface area contributed by atoms with E-state index in [1.807, 2.05) is 6.92 Å². The van der Waals surface area contributed by atoms with Crippen LogP contribution in [0.3, 0.4) is 0 Å². The molecule has 0 unspecified atom stereocenters. The minimum atomic E-state index is -0.537. The molecule has 0 saturated carbocycles. The van der Waals surface area contributed by atoms with Crippen LogP contribution in [-0.2, 0) is 0 Å². The number of nitro groups is 1. The van der Waals surface area contributed by atoms with Gasteiger partial charge in [0, 0.05) is 18.1 Å². The maximum atomic E-state index is 11.0. The first-order valence-corrected chi connectivity index (χ1v) is 6.16. The minimum Gasteiger partial charge on any atom is -0.434 e. The van der Waals surface area contributed by atoms with Gasteiger partial charge < -0.3 is 10.1 Å². The van der Waals surface area contributed by atoms with Crippen molar-refractivity contribution in [3.63, 3.8) is 0 Å². The number of hydrogen-bond donors (Lipinski definition) is 1. The maximum absolute atomic E-state index is 11.0. The van der Waals surface area contributed by atoms with Crippen molar-refractivity contribution in [3.05, 3.63) is 51.0 Å². The van der Waals surface area contributed by atoms with Crippen LogP contribution in [0.15, 0.2) is 30.3 Å². The average Bonchev–Trinajstić information content (AvgIpc) is 2.42. The number of aromatic nitrogens is 1. The Kier molecular flexibility index (Phi) is 4.05. The third-order valence-corrected chi connectivity index (χ3v) is 3.06. The van der Waals surface area contributed by atoms with Crippen LogP contribution in [0.2, 0.25) is 5.02 Å². The molecule has 1 aromatic heterocycles. The zero-order valence-electron chi connectivity index (χ0n) is 10.9. The van der Waals surface area contributed by atoms with Gasteiger partial charge in [0.1, 0.15) is 11.6 Å². The molecule has 1 heterocycles. The molecule has 2 rings (SSSR count). The van der Waals surface area contributed by atoms with Gasteiger partial charge >= 0.3 is 11.6 Å². The third kappa shape index (κ3) is 2.97. The van der Waals surface area contributed by atoms with Crippen molar-refractivity contribution in [2.45, 2.75) is 6.92 Å². The highest BCUT2D eigenvalue weighted by atomic mass is 35.5. The van der Waals surface area contributed by atoms with Crippen LogP contribution >= 0.6 is 11.6 Å². The van der Waals surface area contributed by atoms with E-state index in [2.05, 4.69) is 10.3 Å². The van der Waals surface area contributed by atoms with Crippen molar-refractivity contribution < 1.29 is 9.66 Å². The van der Waals surface area contributed by atoms with E-state index in [4.69, 9.17) is 16.3 Å². The highest BCUT2D eigenvalue weighted by Crippen LogP contribution is 2.32. The number of hydrogen-bond acceptors (Lipinski definition) is 5. The van der Waals surface area contributed by atoms with Crippen LogP contribution in [0.25, 0.3) is 0 Å². The summed E-state index contributed by atoms with van der Waals surface area (Å²) >= 11 is 5.92. The second-order valence-electron chi connectivity index (χ2n) is 4.04. The van der Waals surface area contributed by atoms with Crippen molar-refractivity contribution in [1.82, 2.24) is 4.98 Å². The third-order valence-electron chi connectivity index (χ3n) is 2.64. The summed E-state index contributed by atoms with van der Waals surface area (Å²) in [6, 6.07) is 7.85. The Morgan fingerprint density at radius 2 is 2.10 bits per heavy atom. The summed E-state index contributed by atoms with van der Waals surface area (Å²) in [5, 5.41) is 14.4. The summed E-state index contributed by atoms with van der Waals surface area (Å²) in [5.74, 6) is 0.857. The molecule has 20 heavy (non-hydrogen) atoms. The smallest absolute Gasteiger partial charge is 0.331 e. The van der Waals surface area contributed by atoms with Crippen molar-refractivity contribution in [1.29, 1.82) is 0 Å². The maximum Gasteiger partial charge on any atom is 0.331 e. The molecule has 0 atom stereocenters. The molecule has 7 heteroatoms. The van der Waals surface area contributed by atoms with E-state index >= 15 is 0 Å². The van der Waals surface area contributed by atoms with Crippen molar-refractivity contribution in [3.8, 4) is 11.6 Å². The molecule has 0 aliphatic heterocycles. The number of nitrogens with one attached hydrogen (secondary N) is 1. The monoisotopic (exact) mass is 293 g/mol. The topological polar surface area (TPSA) is 77.3 Å². The van der Waals surface area contributed by atoms with Gasteiger partial charge in [-0.3, -0.25) is 10.1 Å². The molecule has 0 spiro atoms. The second-order valence-corrected chi connectivity index (χ2v) is 4.45. The lowest BCUT2D eigenvalue weighted by Crippen LogP contribution is -1.99. The number of aryl methyl sites for hydroxylation is 1. The Morgan fingerprint density at radius 3 is 2.70 bits per heavy atom. The van der Waals surface area contributed by atoms with E-state index in [0.717, 1.165) is 5.56 Å².